The number of ether oxygens (including phenoxy) is 1. The number of carbonyl (C=O) groups is 2. The molecule has 6 nitrogen and oxygen atoms in total. The molecule has 6 heteroatoms. The maximum absolute atomic E-state index is 12.2. The molecule has 2 N–H and O–H groups in total. The summed E-state index contributed by atoms with van der Waals surface area (Å²) in [7, 11) is 1.56. The molecule has 0 bridgehead atoms. The number of carboxylic acids is 1. The fraction of sp³-hybridized carbons (Fsp3) is 0.250. The van der Waals surface area contributed by atoms with Crippen LogP contribution in [0.1, 0.15) is 40.5 Å². The van der Waals surface area contributed by atoms with E-state index in [0.717, 1.165) is 5.56 Å². The molecule has 1 aromatic carbocycles. The quantitative estimate of drug-likeness (QED) is 0.886. The Kier molecular flexibility index (Phi) is 4.21. The SMILES string of the molecule is COc1ccccc1C(C)(C)NC(=O)c1ccc(C(=O)O)o1. The van der Waals surface area contributed by atoms with Gasteiger partial charge in [0.1, 0.15) is 5.75 Å². The maximum Gasteiger partial charge on any atom is 0.371 e. The van der Waals surface area contributed by atoms with Gasteiger partial charge in [0.15, 0.2) is 5.76 Å². The van der Waals surface area contributed by atoms with Gasteiger partial charge in [0.2, 0.25) is 5.76 Å². The van der Waals surface area contributed by atoms with Gasteiger partial charge in [-0.3, -0.25) is 4.79 Å². The summed E-state index contributed by atoms with van der Waals surface area (Å²) in [5.74, 6) is -1.40. The second-order valence-electron chi connectivity index (χ2n) is 5.25. The largest absolute Gasteiger partial charge is 0.496 e. The van der Waals surface area contributed by atoms with E-state index in [0.29, 0.717) is 5.75 Å². The van der Waals surface area contributed by atoms with E-state index < -0.39 is 17.4 Å². The summed E-state index contributed by atoms with van der Waals surface area (Å²) in [6.45, 7) is 3.65. The second-order valence-corrected chi connectivity index (χ2v) is 5.25. The van der Waals surface area contributed by atoms with Crippen LogP contribution in [0.15, 0.2) is 40.8 Å². The summed E-state index contributed by atoms with van der Waals surface area (Å²) in [4.78, 5) is 23.0. The van der Waals surface area contributed by atoms with Crippen LogP contribution in [0.3, 0.4) is 0 Å². The van der Waals surface area contributed by atoms with Gasteiger partial charge >= 0.3 is 5.97 Å². The first-order valence-corrected chi connectivity index (χ1v) is 6.64. The highest BCUT2D eigenvalue weighted by Crippen LogP contribution is 2.29. The van der Waals surface area contributed by atoms with Crippen LogP contribution in [0, 0.1) is 0 Å². The van der Waals surface area contributed by atoms with Gasteiger partial charge < -0.3 is 19.6 Å². The third-order valence-corrected chi connectivity index (χ3v) is 3.25. The van der Waals surface area contributed by atoms with E-state index in [9.17, 15) is 9.59 Å². The van der Waals surface area contributed by atoms with Crippen molar-refractivity contribution in [3.05, 3.63) is 53.5 Å². The number of hydrogen-bond donors (Lipinski definition) is 2. The number of furan rings is 1. The number of benzene rings is 1. The number of rotatable bonds is 5. The van der Waals surface area contributed by atoms with E-state index in [-0.39, 0.29) is 11.5 Å². The maximum atomic E-state index is 12.2. The van der Waals surface area contributed by atoms with Crippen LogP contribution in [0.2, 0.25) is 0 Å². The molecular formula is C16H17NO5. The molecule has 2 aromatic rings. The van der Waals surface area contributed by atoms with Crippen molar-refractivity contribution >= 4 is 11.9 Å². The molecule has 0 fully saturated rings. The van der Waals surface area contributed by atoms with Crippen LogP contribution in [-0.4, -0.2) is 24.1 Å². The van der Waals surface area contributed by atoms with Crippen LogP contribution in [0.4, 0.5) is 0 Å². The highest BCUT2D eigenvalue weighted by molar-refractivity contribution is 5.94. The molecule has 116 valence electrons. The molecule has 0 radical (unpaired) electrons. The lowest BCUT2D eigenvalue weighted by molar-refractivity contribution is 0.0659. The van der Waals surface area contributed by atoms with Crippen LogP contribution < -0.4 is 10.1 Å². The zero-order valence-electron chi connectivity index (χ0n) is 12.5. The normalized spacial score (nSPS) is 11.0. The van der Waals surface area contributed by atoms with Crippen molar-refractivity contribution in [2.24, 2.45) is 0 Å². The third-order valence-electron chi connectivity index (χ3n) is 3.25. The summed E-state index contributed by atoms with van der Waals surface area (Å²) in [6.07, 6.45) is 0. The minimum absolute atomic E-state index is 0.0552. The monoisotopic (exact) mass is 303 g/mol. The molecule has 2 rings (SSSR count). The summed E-state index contributed by atoms with van der Waals surface area (Å²) in [5.41, 5.74) is 0.0794. The van der Waals surface area contributed by atoms with Crippen molar-refractivity contribution in [2.75, 3.05) is 7.11 Å². The van der Waals surface area contributed by atoms with E-state index in [1.807, 2.05) is 32.0 Å². The highest BCUT2D eigenvalue weighted by atomic mass is 16.5. The van der Waals surface area contributed by atoms with Gasteiger partial charge in [-0.2, -0.15) is 0 Å². The Hall–Kier alpha value is -2.76. The van der Waals surface area contributed by atoms with Gasteiger partial charge in [-0.1, -0.05) is 18.2 Å². The fourth-order valence-corrected chi connectivity index (χ4v) is 2.15. The standard InChI is InChI=1S/C16H17NO5/c1-16(2,10-6-4-5-7-11(10)21-3)17-14(18)12-8-9-13(22-12)15(19)20/h4-9H,1-3H3,(H,17,18)(H,19,20). The molecule has 0 saturated heterocycles. The van der Waals surface area contributed by atoms with Crippen LogP contribution in [-0.2, 0) is 5.54 Å². The molecule has 0 spiro atoms. The highest BCUT2D eigenvalue weighted by Gasteiger charge is 2.28. The minimum atomic E-state index is -1.22. The Morgan fingerprint density at radius 1 is 1.14 bits per heavy atom. The van der Waals surface area contributed by atoms with Crippen molar-refractivity contribution in [3.63, 3.8) is 0 Å². The zero-order chi connectivity index (χ0) is 16.3. The number of carboxylic acid groups (broad SMARTS) is 1. The van der Waals surface area contributed by atoms with Gasteiger partial charge in [-0.05, 0) is 32.0 Å². The van der Waals surface area contributed by atoms with Gasteiger partial charge in [0, 0.05) is 5.56 Å². The van der Waals surface area contributed by atoms with Crippen molar-refractivity contribution in [3.8, 4) is 5.75 Å². The average Bonchev–Trinajstić information content (AvgIpc) is 2.97. The molecule has 22 heavy (non-hydrogen) atoms. The number of methoxy groups -OCH3 is 1. The van der Waals surface area contributed by atoms with E-state index in [1.165, 1.54) is 12.1 Å². The van der Waals surface area contributed by atoms with Gasteiger partial charge in [0.25, 0.3) is 5.91 Å². The Morgan fingerprint density at radius 3 is 2.36 bits per heavy atom. The molecule has 1 amide bonds. The topological polar surface area (TPSA) is 88.8 Å². The first kappa shape index (κ1) is 15.6. The smallest absolute Gasteiger partial charge is 0.371 e. The lowest BCUT2D eigenvalue weighted by atomic mass is 9.93. The van der Waals surface area contributed by atoms with Gasteiger partial charge in [-0.25, -0.2) is 4.79 Å². The molecular weight excluding hydrogens is 286 g/mol. The Bertz CT molecular complexity index is 702. The van der Waals surface area contributed by atoms with Crippen molar-refractivity contribution < 1.29 is 23.8 Å². The summed E-state index contributed by atoms with van der Waals surface area (Å²) >= 11 is 0. The second kappa shape index (κ2) is 5.93. The average molecular weight is 303 g/mol. The number of aromatic carboxylic acids is 1. The first-order valence-electron chi connectivity index (χ1n) is 6.64. The molecule has 0 saturated carbocycles. The Balaban J connectivity index is 2.23. The summed E-state index contributed by atoms with van der Waals surface area (Å²) < 4.78 is 10.3. The van der Waals surface area contributed by atoms with E-state index in [1.54, 1.807) is 13.2 Å². The Morgan fingerprint density at radius 2 is 1.77 bits per heavy atom. The molecule has 0 aliphatic rings. The molecule has 1 heterocycles. The lowest BCUT2D eigenvalue weighted by Gasteiger charge is -2.28. The number of nitrogens with one attached hydrogen (secondary N) is 1. The predicted octanol–water partition coefficient (Wildman–Crippen LogP) is 2.65. The fourth-order valence-electron chi connectivity index (χ4n) is 2.15. The zero-order valence-corrected chi connectivity index (χ0v) is 12.5. The van der Waals surface area contributed by atoms with E-state index >= 15 is 0 Å². The molecule has 0 aliphatic heterocycles. The first-order chi connectivity index (χ1) is 10.3. The van der Waals surface area contributed by atoms with Crippen LogP contribution >= 0.6 is 0 Å². The number of amides is 1. The molecule has 1 aromatic heterocycles. The molecule has 0 atom stereocenters. The minimum Gasteiger partial charge on any atom is -0.496 e. The van der Waals surface area contributed by atoms with E-state index in [2.05, 4.69) is 5.32 Å². The Labute approximate surface area is 127 Å². The summed E-state index contributed by atoms with van der Waals surface area (Å²) in [5, 5.41) is 11.6. The molecule has 0 aliphatic carbocycles. The van der Waals surface area contributed by atoms with Crippen molar-refractivity contribution in [1.29, 1.82) is 0 Å². The van der Waals surface area contributed by atoms with Crippen molar-refractivity contribution in [2.45, 2.75) is 19.4 Å². The lowest BCUT2D eigenvalue weighted by Crippen LogP contribution is -2.41. The molecule has 0 unspecified atom stereocenters. The number of carbonyl (C=O) groups excluding carboxylic acids is 1. The predicted molar refractivity (Wildman–Crippen MR) is 79.2 cm³/mol. The van der Waals surface area contributed by atoms with Crippen LogP contribution in [0.25, 0.3) is 0 Å². The van der Waals surface area contributed by atoms with Gasteiger partial charge in [0.05, 0.1) is 12.6 Å². The number of para-hydroxylation sites is 1. The number of hydrogen-bond acceptors (Lipinski definition) is 4. The third kappa shape index (κ3) is 3.11. The van der Waals surface area contributed by atoms with E-state index in [4.69, 9.17) is 14.3 Å². The van der Waals surface area contributed by atoms with Crippen molar-refractivity contribution in [1.82, 2.24) is 5.32 Å². The van der Waals surface area contributed by atoms with Crippen LogP contribution in [0.5, 0.6) is 5.75 Å². The van der Waals surface area contributed by atoms with Gasteiger partial charge in [-0.15, -0.1) is 0 Å². The summed E-state index contributed by atoms with van der Waals surface area (Å²) in [6, 6.07) is 9.92.